The quantitative estimate of drug-likeness (QED) is 0.405. The van der Waals surface area contributed by atoms with Gasteiger partial charge in [-0.1, -0.05) is 18.2 Å². The van der Waals surface area contributed by atoms with E-state index in [0.29, 0.717) is 11.1 Å². The Morgan fingerprint density at radius 3 is 2.53 bits per heavy atom. The number of esters is 1. The lowest BCUT2D eigenvalue weighted by atomic mass is 10.0. The normalized spacial score (nSPS) is 20.2. The Morgan fingerprint density at radius 1 is 1.20 bits per heavy atom. The van der Waals surface area contributed by atoms with Crippen molar-refractivity contribution in [1.82, 2.24) is 10.2 Å². The molecule has 1 aromatic carbocycles. The topological polar surface area (TPSA) is 150 Å². The van der Waals surface area contributed by atoms with Crippen LogP contribution in [0.1, 0.15) is 22.8 Å². The van der Waals surface area contributed by atoms with Gasteiger partial charge >= 0.3 is 17.9 Å². The molecule has 1 unspecified atom stereocenters. The highest BCUT2D eigenvalue weighted by molar-refractivity contribution is 8.00. The number of nitrogens with one attached hydrogen (secondary N) is 1. The van der Waals surface area contributed by atoms with Crippen molar-refractivity contribution in [3.05, 3.63) is 46.7 Å². The van der Waals surface area contributed by atoms with E-state index in [9.17, 15) is 34.2 Å². The van der Waals surface area contributed by atoms with E-state index in [1.165, 1.54) is 30.8 Å². The molecule has 0 aliphatic carbocycles. The van der Waals surface area contributed by atoms with Crippen LogP contribution in [0.4, 0.5) is 0 Å². The van der Waals surface area contributed by atoms with Crippen LogP contribution in [0.3, 0.4) is 0 Å². The van der Waals surface area contributed by atoms with Gasteiger partial charge in [-0.15, -0.1) is 11.8 Å². The number of aliphatic carboxylic acids is 1. The number of carbonyl (C=O) groups excluding carboxylic acids is 3. The first-order valence-corrected chi connectivity index (χ1v) is 9.89. The first-order chi connectivity index (χ1) is 14.2. The van der Waals surface area contributed by atoms with Crippen LogP contribution in [0.5, 0.6) is 0 Å². The van der Waals surface area contributed by atoms with Crippen molar-refractivity contribution in [2.75, 3.05) is 12.4 Å². The second-order valence-electron chi connectivity index (χ2n) is 6.63. The lowest BCUT2D eigenvalue weighted by molar-refractivity contribution is -0.151. The summed E-state index contributed by atoms with van der Waals surface area (Å²) in [6, 6.07) is 5.12. The molecule has 0 bridgehead atoms. The highest BCUT2D eigenvalue weighted by Gasteiger charge is 2.54. The van der Waals surface area contributed by atoms with Gasteiger partial charge in [-0.2, -0.15) is 0 Å². The Morgan fingerprint density at radius 2 is 1.90 bits per heavy atom. The summed E-state index contributed by atoms with van der Waals surface area (Å²) < 4.78 is 4.86. The number of rotatable bonds is 7. The number of ether oxygens (including phenoxy) is 1. The Bertz CT molecular complexity index is 973. The number of β-lactam (4-membered cyclic amide) rings is 1. The molecule has 1 fully saturated rings. The fourth-order valence-electron chi connectivity index (χ4n) is 3.26. The smallest absolute Gasteiger partial charge is 0.352 e. The van der Waals surface area contributed by atoms with Crippen LogP contribution in [0, 0.1) is 0 Å². The number of fused-ring (bicyclic) bond motifs is 1. The number of carboxylic acids is 2. The summed E-state index contributed by atoms with van der Waals surface area (Å²) in [6.07, 6.45) is -0.233. The van der Waals surface area contributed by atoms with E-state index in [0.717, 1.165) is 4.90 Å². The second kappa shape index (κ2) is 8.57. The Labute approximate surface area is 174 Å². The summed E-state index contributed by atoms with van der Waals surface area (Å²) in [5, 5.41) is 20.7. The van der Waals surface area contributed by atoms with Gasteiger partial charge in [-0.25, -0.2) is 9.59 Å². The van der Waals surface area contributed by atoms with Gasteiger partial charge in [-0.3, -0.25) is 19.3 Å². The molecule has 2 atom stereocenters. The van der Waals surface area contributed by atoms with E-state index in [1.807, 2.05) is 0 Å². The third-order valence-corrected chi connectivity index (χ3v) is 5.95. The maximum Gasteiger partial charge on any atom is 0.352 e. The first kappa shape index (κ1) is 21.4. The van der Waals surface area contributed by atoms with Gasteiger partial charge in [0.05, 0.1) is 12.0 Å². The standard InChI is InChI=1S/C19H18N2O8S/c1-9(22)29-7-11-8-30-17-14(16(24)21(17)15(11)19(27)28)20-13(23)6-10-4-2-3-5-12(10)18(25)26/h2-5,14,17H,6-8H2,1H3,(H,20,23)(H,25,26)(H,27,28)/t14?,17-/m1/s1. The number of carboxylic acid groups (broad SMARTS) is 2. The molecule has 11 heteroatoms. The number of hydrogen-bond acceptors (Lipinski definition) is 7. The van der Waals surface area contributed by atoms with E-state index in [1.54, 1.807) is 12.1 Å². The molecular weight excluding hydrogens is 416 g/mol. The number of benzene rings is 1. The van der Waals surface area contributed by atoms with Crippen LogP contribution in [0.2, 0.25) is 0 Å². The summed E-state index contributed by atoms with van der Waals surface area (Å²) in [5.74, 6) is -3.98. The molecule has 0 saturated carbocycles. The second-order valence-corrected chi connectivity index (χ2v) is 7.74. The molecule has 1 aromatic rings. The first-order valence-electron chi connectivity index (χ1n) is 8.84. The summed E-state index contributed by atoms with van der Waals surface area (Å²) in [6.45, 7) is 0.964. The van der Waals surface area contributed by atoms with Gasteiger partial charge in [0.2, 0.25) is 5.91 Å². The molecule has 2 aliphatic heterocycles. The van der Waals surface area contributed by atoms with E-state index < -0.39 is 41.1 Å². The van der Waals surface area contributed by atoms with E-state index >= 15 is 0 Å². The van der Waals surface area contributed by atoms with Crippen LogP contribution >= 0.6 is 11.8 Å². The van der Waals surface area contributed by atoms with Gasteiger partial charge < -0.3 is 20.3 Å². The Balaban J connectivity index is 1.71. The summed E-state index contributed by atoms with van der Waals surface area (Å²) in [7, 11) is 0. The van der Waals surface area contributed by atoms with Gasteiger partial charge in [0.1, 0.15) is 23.7 Å². The number of hydrogen-bond donors (Lipinski definition) is 3. The summed E-state index contributed by atoms with van der Waals surface area (Å²) in [5.41, 5.74) is 0.351. The van der Waals surface area contributed by atoms with Gasteiger partial charge in [0.25, 0.3) is 5.91 Å². The Hall–Kier alpha value is -3.34. The third kappa shape index (κ3) is 4.15. The van der Waals surface area contributed by atoms with Crippen molar-refractivity contribution in [2.24, 2.45) is 0 Å². The largest absolute Gasteiger partial charge is 0.478 e. The predicted octanol–water partition coefficient (Wildman–Crippen LogP) is 0.229. The Kier molecular flexibility index (Phi) is 6.11. The van der Waals surface area contributed by atoms with Gasteiger partial charge in [-0.05, 0) is 11.6 Å². The fraction of sp³-hybridized carbons (Fsp3) is 0.316. The summed E-state index contributed by atoms with van der Waals surface area (Å²) in [4.78, 5) is 60.0. The minimum Gasteiger partial charge on any atom is -0.478 e. The molecule has 3 N–H and O–H groups in total. The average Bonchev–Trinajstić information content (AvgIpc) is 2.69. The SMILES string of the molecule is CC(=O)OCC1=C(C(=O)O)N2C(=O)C(NC(=O)Cc3ccccc3C(=O)O)[C@H]2SC1. The molecular formula is C19H18N2O8S. The average molecular weight is 434 g/mol. The maximum atomic E-state index is 12.6. The number of thioether (sulfide) groups is 1. The van der Waals surface area contributed by atoms with Crippen LogP contribution in [-0.4, -0.2) is 68.6 Å². The maximum absolute atomic E-state index is 12.6. The number of nitrogens with zero attached hydrogens (tertiary/aromatic N) is 1. The van der Waals surface area contributed by atoms with Crippen molar-refractivity contribution in [3.63, 3.8) is 0 Å². The van der Waals surface area contributed by atoms with Crippen molar-refractivity contribution in [1.29, 1.82) is 0 Å². The highest BCUT2D eigenvalue weighted by Crippen LogP contribution is 2.40. The molecule has 2 heterocycles. The molecule has 158 valence electrons. The van der Waals surface area contributed by atoms with E-state index in [2.05, 4.69) is 5.32 Å². The van der Waals surface area contributed by atoms with Crippen molar-refractivity contribution < 1.29 is 38.9 Å². The van der Waals surface area contributed by atoms with Crippen molar-refractivity contribution in [3.8, 4) is 0 Å². The van der Waals surface area contributed by atoms with Gasteiger partial charge in [0.15, 0.2) is 0 Å². The monoisotopic (exact) mass is 434 g/mol. The van der Waals surface area contributed by atoms with Crippen LogP contribution in [0.15, 0.2) is 35.5 Å². The lowest BCUT2D eigenvalue weighted by Gasteiger charge is -2.49. The highest BCUT2D eigenvalue weighted by atomic mass is 32.2. The van der Waals surface area contributed by atoms with E-state index in [4.69, 9.17) is 4.74 Å². The number of aromatic carboxylic acids is 1. The van der Waals surface area contributed by atoms with Crippen molar-refractivity contribution in [2.45, 2.75) is 24.8 Å². The molecule has 30 heavy (non-hydrogen) atoms. The lowest BCUT2D eigenvalue weighted by Crippen LogP contribution is -2.70. The molecule has 1 saturated heterocycles. The van der Waals surface area contributed by atoms with E-state index in [-0.39, 0.29) is 30.0 Å². The molecule has 10 nitrogen and oxygen atoms in total. The zero-order valence-corrected chi connectivity index (χ0v) is 16.6. The molecule has 0 spiro atoms. The number of amides is 2. The zero-order valence-electron chi connectivity index (χ0n) is 15.8. The molecule has 2 amide bonds. The minimum atomic E-state index is -1.32. The minimum absolute atomic E-state index is 0.00698. The summed E-state index contributed by atoms with van der Waals surface area (Å²) >= 11 is 1.25. The van der Waals surface area contributed by atoms with Crippen molar-refractivity contribution >= 4 is 41.5 Å². The molecule has 2 aliphatic rings. The van der Waals surface area contributed by atoms with Gasteiger partial charge in [0, 0.05) is 18.2 Å². The van der Waals surface area contributed by atoms with Crippen LogP contribution in [-0.2, 0) is 30.3 Å². The predicted molar refractivity (Wildman–Crippen MR) is 103 cm³/mol. The van der Waals surface area contributed by atoms with Crippen LogP contribution in [0.25, 0.3) is 0 Å². The molecule has 0 aromatic heterocycles. The molecule has 3 rings (SSSR count). The van der Waals surface area contributed by atoms with Crippen LogP contribution < -0.4 is 5.32 Å². The number of carbonyl (C=O) groups is 5. The molecule has 0 radical (unpaired) electrons. The third-order valence-electron chi connectivity index (χ3n) is 4.61. The fourth-order valence-corrected chi connectivity index (χ4v) is 4.59. The zero-order chi connectivity index (χ0) is 22.0.